The molecule has 1 saturated carbocycles. The number of ether oxygens (including phenoxy) is 1. The van der Waals surface area contributed by atoms with Crippen molar-refractivity contribution in [1.82, 2.24) is 4.72 Å². The zero-order chi connectivity index (χ0) is 15.7. The molecule has 1 aliphatic carbocycles. The Morgan fingerprint density at radius 2 is 2.05 bits per heavy atom. The third-order valence-corrected chi connectivity index (χ3v) is 5.66. The van der Waals surface area contributed by atoms with E-state index >= 15 is 0 Å². The van der Waals surface area contributed by atoms with Gasteiger partial charge in [0.05, 0.1) is 24.5 Å². The minimum absolute atomic E-state index is 0.0352. The fourth-order valence-corrected chi connectivity index (χ4v) is 4.17. The Labute approximate surface area is 129 Å². The predicted octanol–water partition coefficient (Wildman–Crippen LogP) is -0.506. The minimum atomic E-state index is -3.44. The molecule has 2 fully saturated rings. The second kappa shape index (κ2) is 6.13. The van der Waals surface area contributed by atoms with Crippen LogP contribution < -0.4 is 10.5 Å². The maximum Gasteiger partial charge on any atom is 0.266 e. The lowest BCUT2D eigenvalue weighted by Gasteiger charge is -2.15. The molecule has 0 aromatic rings. The highest BCUT2D eigenvalue weighted by Gasteiger charge is 2.39. The molecule has 1 amide bonds. The summed E-state index contributed by atoms with van der Waals surface area (Å²) in [5, 5.41) is 3.54. The van der Waals surface area contributed by atoms with Gasteiger partial charge in [-0.1, -0.05) is 5.16 Å². The van der Waals surface area contributed by atoms with Crippen LogP contribution in [-0.2, 0) is 24.4 Å². The third-order valence-electron chi connectivity index (χ3n) is 4.24. The van der Waals surface area contributed by atoms with Gasteiger partial charge in [0.15, 0.2) is 0 Å². The molecule has 3 unspecified atom stereocenters. The molecule has 8 nitrogen and oxygen atoms in total. The van der Waals surface area contributed by atoms with Crippen molar-refractivity contribution < 1.29 is 22.8 Å². The van der Waals surface area contributed by atoms with Crippen LogP contribution in [0, 0.1) is 5.92 Å². The molecule has 9 heteroatoms. The molecule has 3 aliphatic rings. The van der Waals surface area contributed by atoms with E-state index in [0.29, 0.717) is 5.92 Å². The summed E-state index contributed by atoms with van der Waals surface area (Å²) in [6.07, 6.45) is 3.88. The van der Waals surface area contributed by atoms with Crippen LogP contribution >= 0.6 is 0 Å². The Morgan fingerprint density at radius 1 is 1.27 bits per heavy atom. The molecule has 0 aromatic carbocycles. The second-order valence-corrected chi connectivity index (χ2v) is 8.03. The van der Waals surface area contributed by atoms with Gasteiger partial charge in [0, 0.05) is 6.42 Å². The quantitative estimate of drug-likeness (QED) is 0.651. The molecule has 0 radical (unpaired) electrons. The van der Waals surface area contributed by atoms with Gasteiger partial charge in [-0.05, 0) is 31.6 Å². The molecule has 124 valence electrons. The first kappa shape index (κ1) is 15.7. The van der Waals surface area contributed by atoms with Gasteiger partial charge in [0.2, 0.25) is 10.0 Å². The SMILES string of the molecule is NC(=O)C1=NOC(CNS(=O)(=O)CC2CCC(C3CC3)O2)C1. The lowest BCUT2D eigenvalue weighted by molar-refractivity contribution is -0.112. The fraction of sp³-hybridized carbons (Fsp3) is 0.846. The first-order valence-corrected chi connectivity index (χ1v) is 9.23. The first-order chi connectivity index (χ1) is 10.4. The summed E-state index contributed by atoms with van der Waals surface area (Å²) in [5.74, 6) is -0.0420. The number of nitrogens with two attached hydrogens (primary N) is 1. The number of rotatable bonds is 7. The first-order valence-electron chi connectivity index (χ1n) is 7.58. The topological polar surface area (TPSA) is 120 Å². The van der Waals surface area contributed by atoms with Gasteiger partial charge in [-0.25, -0.2) is 13.1 Å². The van der Waals surface area contributed by atoms with Crippen LogP contribution in [0.4, 0.5) is 0 Å². The third kappa shape index (κ3) is 3.96. The largest absolute Gasteiger partial charge is 0.390 e. The van der Waals surface area contributed by atoms with Crippen LogP contribution in [0.3, 0.4) is 0 Å². The zero-order valence-electron chi connectivity index (χ0n) is 12.2. The smallest absolute Gasteiger partial charge is 0.266 e. The van der Waals surface area contributed by atoms with Crippen molar-refractivity contribution in [3.63, 3.8) is 0 Å². The van der Waals surface area contributed by atoms with Gasteiger partial charge >= 0.3 is 0 Å². The van der Waals surface area contributed by atoms with E-state index in [1.165, 1.54) is 12.8 Å². The summed E-state index contributed by atoms with van der Waals surface area (Å²) in [5.41, 5.74) is 5.22. The maximum atomic E-state index is 12.1. The van der Waals surface area contributed by atoms with Crippen LogP contribution in [0.1, 0.15) is 32.1 Å². The Kier molecular flexibility index (Phi) is 4.37. The number of nitrogens with zero attached hydrogens (tertiary/aromatic N) is 1. The van der Waals surface area contributed by atoms with E-state index in [2.05, 4.69) is 9.88 Å². The lowest BCUT2D eigenvalue weighted by Crippen LogP contribution is -2.37. The van der Waals surface area contributed by atoms with Crippen LogP contribution in [0.15, 0.2) is 5.16 Å². The van der Waals surface area contributed by atoms with E-state index in [4.69, 9.17) is 15.3 Å². The van der Waals surface area contributed by atoms with E-state index < -0.39 is 22.0 Å². The van der Waals surface area contributed by atoms with Crippen molar-refractivity contribution >= 4 is 21.6 Å². The number of primary amides is 1. The van der Waals surface area contributed by atoms with Gasteiger partial charge in [-0.15, -0.1) is 0 Å². The standard InChI is InChI=1S/C13H21N3O5S/c14-13(17)11-5-10(21-16-11)6-15-22(18,19)7-9-3-4-12(20-9)8-1-2-8/h8-10,12,15H,1-7H2,(H2,14,17). The van der Waals surface area contributed by atoms with Gasteiger partial charge in [0.25, 0.3) is 5.91 Å². The molecule has 22 heavy (non-hydrogen) atoms. The summed E-state index contributed by atoms with van der Waals surface area (Å²) < 4.78 is 32.4. The Morgan fingerprint density at radius 3 is 2.68 bits per heavy atom. The maximum absolute atomic E-state index is 12.1. The van der Waals surface area contributed by atoms with Gasteiger partial charge in [0.1, 0.15) is 11.8 Å². The minimum Gasteiger partial charge on any atom is -0.390 e. The second-order valence-electron chi connectivity index (χ2n) is 6.17. The Bertz CT molecular complexity index is 572. The normalized spacial score (nSPS) is 31.8. The van der Waals surface area contributed by atoms with E-state index in [1.807, 2.05) is 0 Å². The fourth-order valence-electron chi connectivity index (χ4n) is 2.88. The lowest BCUT2D eigenvalue weighted by atomic mass is 10.1. The number of carbonyl (C=O) groups excluding carboxylic acids is 1. The highest BCUT2D eigenvalue weighted by atomic mass is 32.2. The molecule has 3 atom stereocenters. The summed E-state index contributed by atoms with van der Waals surface area (Å²) in [6, 6.07) is 0. The number of hydrogen-bond acceptors (Lipinski definition) is 6. The van der Waals surface area contributed by atoms with E-state index in [1.54, 1.807) is 0 Å². The number of oxime groups is 1. The summed E-state index contributed by atoms with van der Waals surface area (Å²) in [7, 11) is -3.44. The van der Waals surface area contributed by atoms with Crippen LogP contribution in [0.25, 0.3) is 0 Å². The number of amides is 1. The van der Waals surface area contributed by atoms with Crippen molar-refractivity contribution in [3.8, 4) is 0 Å². The van der Waals surface area contributed by atoms with Crippen LogP contribution in [0.2, 0.25) is 0 Å². The predicted molar refractivity (Wildman–Crippen MR) is 78.5 cm³/mol. The number of sulfonamides is 1. The zero-order valence-corrected chi connectivity index (χ0v) is 13.0. The van der Waals surface area contributed by atoms with E-state index in [9.17, 15) is 13.2 Å². The molecule has 3 N–H and O–H groups in total. The van der Waals surface area contributed by atoms with Crippen molar-refractivity contribution in [1.29, 1.82) is 0 Å². The van der Waals surface area contributed by atoms with Crippen molar-refractivity contribution in [2.75, 3.05) is 12.3 Å². The molecule has 1 saturated heterocycles. The highest BCUT2D eigenvalue weighted by Crippen LogP contribution is 2.40. The van der Waals surface area contributed by atoms with Gasteiger partial charge < -0.3 is 15.3 Å². The van der Waals surface area contributed by atoms with Gasteiger partial charge in [-0.2, -0.15) is 0 Å². The van der Waals surface area contributed by atoms with Gasteiger partial charge in [-0.3, -0.25) is 4.79 Å². The summed E-state index contributed by atoms with van der Waals surface area (Å²) in [6.45, 7) is 0.0708. The summed E-state index contributed by atoms with van der Waals surface area (Å²) >= 11 is 0. The van der Waals surface area contributed by atoms with Crippen LogP contribution in [-0.4, -0.2) is 50.6 Å². The molecule has 0 spiro atoms. The monoisotopic (exact) mass is 331 g/mol. The molecule has 0 bridgehead atoms. The molecular formula is C13H21N3O5S. The molecular weight excluding hydrogens is 310 g/mol. The number of carbonyl (C=O) groups is 1. The Balaban J connectivity index is 1.41. The average molecular weight is 331 g/mol. The summed E-state index contributed by atoms with van der Waals surface area (Å²) in [4.78, 5) is 15.9. The van der Waals surface area contributed by atoms with E-state index in [-0.39, 0.29) is 36.6 Å². The molecule has 2 aliphatic heterocycles. The van der Waals surface area contributed by atoms with Crippen molar-refractivity contribution in [2.45, 2.75) is 50.4 Å². The number of hydrogen-bond donors (Lipinski definition) is 2. The van der Waals surface area contributed by atoms with E-state index in [0.717, 1.165) is 12.8 Å². The Hall–Kier alpha value is -1.19. The van der Waals surface area contributed by atoms with Crippen LogP contribution in [0.5, 0.6) is 0 Å². The molecule has 0 aromatic heterocycles. The van der Waals surface area contributed by atoms with Crippen molar-refractivity contribution in [2.24, 2.45) is 16.8 Å². The molecule has 2 heterocycles. The average Bonchev–Trinajstić information content (AvgIpc) is 3.00. The van der Waals surface area contributed by atoms with Crippen molar-refractivity contribution in [3.05, 3.63) is 0 Å². The number of nitrogens with one attached hydrogen (secondary N) is 1. The molecule has 3 rings (SSSR count). The highest BCUT2D eigenvalue weighted by molar-refractivity contribution is 7.89.